The maximum Gasteiger partial charge on any atom is 0.328 e. The van der Waals surface area contributed by atoms with Crippen molar-refractivity contribution in [1.29, 1.82) is 0 Å². The molecule has 0 aliphatic carbocycles. The summed E-state index contributed by atoms with van der Waals surface area (Å²) in [5.41, 5.74) is 0. The highest BCUT2D eigenvalue weighted by Gasteiger charge is 2.35. The van der Waals surface area contributed by atoms with Gasteiger partial charge in [-0.05, 0) is 18.4 Å². The van der Waals surface area contributed by atoms with Gasteiger partial charge in [-0.15, -0.1) is 11.3 Å². The van der Waals surface area contributed by atoms with Crippen molar-refractivity contribution in [2.45, 2.75) is 18.9 Å². The molecule has 0 saturated carbocycles. The van der Waals surface area contributed by atoms with Crippen LogP contribution in [-0.2, 0) is 14.3 Å². The van der Waals surface area contributed by atoms with Gasteiger partial charge in [0.1, 0.15) is 0 Å². The van der Waals surface area contributed by atoms with Gasteiger partial charge in [-0.2, -0.15) is 0 Å². The molecule has 0 aromatic carbocycles. The van der Waals surface area contributed by atoms with Crippen molar-refractivity contribution in [2.75, 3.05) is 19.8 Å². The van der Waals surface area contributed by atoms with Gasteiger partial charge >= 0.3 is 5.97 Å². The van der Waals surface area contributed by atoms with E-state index in [2.05, 4.69) is 0 Å². The van der Waals surface area contributed by atoms with Crippen molar-refractivity contribution in [1.82, 2.24) is 4.90 Å². The lowest BCUT2D eigenvalue weighted by Gasteiger charge is -2.34. The third kappa shape index (κ3) is 2.54. The first-order chi connectivity index (χ1) is 8.61. The van der Waals surface area contributed by atoms with Crippen molar-refractivity contribution < 1.29 is 19.4 Å². The van der Waals surface area contributed by atoms with Crippen LogP contribution in [0.3, 0.4) is 0 Å². The number of nitrogens with zero attached hydrogens (tertiary/aromatic N) is 1. The third-order valence-electron chi connectivity index (χ3n) is 3.04. The number of thiophene rings is 1. The summed E-state index contributed by atoms with van der Waals surface area (Å²) in [6.45, 7) is 2.61. The molecule has 0 spiro atoms. The fourth-order valence-electron chi connectivity index (χ4n) is 1.98. The van der Waals surface area contributed by atoms with Crippen LogP contribution in [0.4, 0.5) is 0 Å². The highest BCUT2D eigenvalue weighted by atomic mass is 32.1. The van der Waals surface area contributed by atoms with Gasteiger partial charge in [0.25, 0.3) is 0 Å². The molecule has 1 saturated heterocycles. The van der Waals surface area contributed by atoms with Gasteiger partial charge in [0.05, 0.1) is 19.1 Å². The molecule has 5 nitrogen and oxygen atoms in total. The van der Waals surface area contributed by atoms with E-state index < -0.39 is 12.0 Å². The zero-order valence-electron chi connectivity index (χ0n) is 10.0. The fraction of sp³-hybridized carbons (Fsp3) is 0.500. The van der Waals surface area contributed by atoms with Crippen molar-refractivity contribution in [2.24, 2.45) is 0 Å². The van der Waals surface area contributed by atoms with Crippen LogP contribution in [0.2, 0.25) is 0 Å². The predicted octanol–water partition coefficient (Wildman–Crippen LogP) is 1.16. The summed E-state index contributed by atoms with van der Waals surface area (Å²) in [5.74, 6) is -1.46. The number of hydrogen-bond acceptors (Lipinski definition) is 4. The smallest absolute Gasteiger partial charge is 0.328 e. The van der Waals surface area contributed by atoms with Crippen LogP contribution >= 0.6 is 11.3 Å². The minimum Gasteiger partial charge on any atom is -0.480 e. The first-order valence-electron chi connectivity index (χ1n) is 5.75. The van der Waals surface area contributed by atoms with E-state index in [0.717, 1.165) is 4.88 Å². The Bertz CT molecular complexity index is 431. The first-order valence-corrected chi connectivity index (χ1v) is 6.63. The summed E-state index contributed by atoms with van der Waals surface area (Å²) in [7, 11) is 0. The number of carboxylic acids is 1. The molecule has 1 fully saturated rings. The number of hydrogen-bond donors (Lipinski definition) is 1. The Morgan fingerprint density at radius 2 is 2.39 bits per heavy atom. The molecule has 1 aliphatic heterocycles. The zero-order chi connectivity index (χ0) is 13.1. The van der Waals surface area contributed by atoms with Gasteiger partial charge < -0.3 is 14.7 Å². The van der Waals surface area contributed by atoms with Gasteiger partial charge in [0.2, 0.25) is 5.91 Å². The van der Waals surface area contributed by atoms with Crippen molar-refractivity contribution in [3.63, 3.8) is 0 Å². The lowest BCUT2D eigenvalue weighted by molar-refractivity contribution is -0.158. The van der Waals surface area contributed by atoms with Crippen LogP contribution in [0.15, 0.2) is 17.5 Å². The molecule has 6 heteroatoms. The van der Waals surface area contributed by atoms with E-state index >= 15 is 0 Å². The Balaban J connectivity index is 2.13. The molecule has 1 aromatic heterocycles. The van der Waals surface area contributed by atoms with Crippen LogP contribution < -0.4 is 0 Å². The minimum atomic E-state index is -1.01. The normalized spacial score (nSPS) is 21.6. The molecule has 18 heavy (non-hydrogen) atoms. The Morgan fingerprint density at radius 1 is 1.61 bits per heavy atom. The summed E-state index contributed by atoms with van der Waals surface area (Å²) in [5, 5.41) is 11.0. The van der Waals surface area contributed by atoms with E-state index in [0.29, 0.717) is 13.2 Å². The molecular weight excluding hydrogens is 254 g/mol. The second-order valence-electron chi connectivity index (χ2n) is 4.20. The lowest BCUT2D eigenvalue weighted by atomic mass is 10.1. The molecule has 0 bridgehead atoms. The molecule has 0 unspecified atom stereocenters. The Morgan fingerprint density at radius 3 is 3.00 bits per heavy atom. The highest BCUT2D eigenvalue weighted by Crippen LogP contribution is 2.24. The largest absolute Gasteiger partial charge is 0.480 e. The Kier molecular flexibility index (Phi) is 3.98. The Hall–Kier alpha value is -1.40. The zero-order valence-corrected chi connectivity index (χ0v) is 10.9. The van der Waals surface area contributed by atoms with Crippen LogP contribution in [0.25, 0.3) is 0 Å². The van der Waals surface area contributed by atoms with E-state index in [9.17, 15) is 9.59 Å². The molecule has 1 amide bonds. The summed E-state index contributed by atoms with van der Waals surface area (Å²) >= 11 is 1.51. The lowest BCUT2D eigenvalue weighted by Crippen LogP contribution is -2.53. The molecule has 1 aliphatic rings. The molecule has 98 valence electrons. The maximum absolute atomic E-state index is 12.3. The van der Waals surface area contributed by atoms with Gasteiger partial charge in [-0.3, -0.25) is 4.79 Å². The topological polar surface area (TPSA) is 66.8 Å². The monoisotopic (exact) mass is 269 g/mol. The first kappa shape index (κ1) is 13.0. The second kappa shape index (κ2) is 5.49. The quantitative estimate of drug-likeness (QED) is 0.894. The van der Waals surface area contributed by atoms with Gasteiger partial charge in [-0.25, -0.2) is 4.79 Å². The number of carboxylic acid groups (broad SMARTS) is 1. The predicted molar refractivity (Wildman–Crippen MR) is 66.7 cm³/mol. The van der Waals surface area contributed by atoms with Crippen LogP contribution in [-0.4, -0.2) is 47.7 Å². The van der Waals surface area contributed by atoms with Gasteiger partial charge in [-0.1, -0.05) is 6.07 Å². The number of carbonyl (C=O) groups excluding carboxylic acids is 1. The molecule has 2 rings (SSSR count). The molecule has 0 radical (unpaired) electrons. The fourth-order valence-corrected chi connectivity index (χ4v) is 2.76. The Labute approximate surface area is 109 Å². The van der Waals surface area contributed by atoms with Crippen molar-refractivity contribution in [3.8, 4) is 0 Å². The SMILES string of the molecule is C[C@H](C(=O)N1CCOC[C@H]1C(=O)O)c1cccs1. The summed E-state index contributed by atoms with van der Waals surface area (Å²) in [6, 6.07) is 2.91. The van der Waals surface area contributed by atoms with E-state index in [1.54, 1.807) is 0 Å². The summed E-state index contributed by atoms with van der Waals surface area (Å²) in [6.07, 6.45) is 0. The third-order valence-corrected chi connectivity index (χ3v) is 4.09. The standard InChI is InChI=1S/C12H15NO4S/c1-8(10-3-2-6-18-10)11(14)13-4-5-17-7-9(13)12(15)16/h2-3,6,8-9H,4-5,7H2,1H3,(H,15,16)/t8-,9-/m0/s1. The number of morpholine rings is 1. The van der Waals surface area contributed by atoms with Gasteiger partial charge in [0.15, 0.2) is 6.04 Å². The number of carbonyl (C=O) groups is 2. The minimum absolute atomic E-state index is 0.0677. The average Bonchev–Trinajstić information content (AvgIpc) is 2.90. The number of amides is 1. The van der Waals surface area contributed by atoms with Crippen molar-refractivity contribution >= 4 is 23.2 Å². The average molecular weight is 269 g/mol. The summed E-state index contributed by atoms with van der Waals surface area (Å²) < 4.78 is 5.12. The number of rotatable bonds is 3. The van der Waals surface area contributed by atoms with E-state index in [-0.39, 0.29) is 18.4 Å². The highest BCUT2D eigenvalue weighted by molar-refractivity contribution is 7.10. The summed E-state index contributed by atoms with van der Waals surface area (Å²) in [4.78, 5) is 25.8. The van der Waals surface area contributed by atoms with Crippen LogP contribution in [0.5, 0.6) is 0 Å². The van der Waals surface area contributed by atoms with Crippen molar-refractivity contribution in [3.05, 3.63) is 22.4 Å². The van der Waals surface area contributed by atoms with Gasteiger partial charge in [0, 0.05) is 11.4 Å². The maximum atomic E-state index is 12.3. The number of aliphatic carboxylic acids is 1. The van der Waals surface area contributed by atoms with Crippen LogP contribution in [0, 0.1) is 0 Å². The van der Waals surface area contributed by atoms with E-state index in [4.69, 9.17) is 9.84 Å². The molecular formula is C12H15NO4S. The van der Waals surface area contributed by atoms with E-state index in [1.807, 2.05) is 24.4 Å². The molecule has 1 N–H and O–H groups in total. The molecule has 2 atom stereocenters. The molecule has 1 aromatic rings. The van der Waals surface area contributed by atoms with E-state index in [1.165, 1.54) is 16.2 Å². The second-order valence-corrected chi connectivity index (χ2v) is 5.18. The number of ether oxygens (including phenoxy) is 1. The molecule has 2 heterocycles. The van der Waals surface area contributed by atoms with Crippen LogP contribution in [0.1, 0.15) is 17.7 Å².